The Labute approximate surface area is 125 Å². The fourth-order valence-corrected chi connectivity index (χ4v) is 3.14. The zero-order valence-corrected chi connectivity index (χ0v) is 12.4. The van der Waals surface area contributed by atoms with E-state index in [0.717, 1.165) is 6.42 Å². The second kappa shape index (κ2) is 5.69. The molecule has 1 saturated heterocycles. The van der Waals surface area contributed by atoms with Gasteiger partial charge in [-0.25, -0.2) is 0 Å². The molecule has 1 aliphatic rings. The minimum atomic E-state index is -0.448. The topological polar surface area (TPSA) is 75.4 Å². The van der Waals surface area contributed by atoms with Crippen LogP contribution in [0.3, 0.4) is 0 Å². The van der Waals surface area contributed by atoms with E-state index in [-0.39, 0.29) is 11.8 Å². The Balaban J connectivity index is 1.71. The zero-order chi connectivity index (χ0) is 14.8. The van der Waals surface area contributed by atoms with Crippen LogP contribution in [0.5, 0.6) is 0 Å². The van der Waals surface area contributed by atoms with Gasteiger partial charge in [-0.15, -0.1) is 11.3 Å². The van der Waals surface area contributed by atoms with E-state index >= 15 is 0 Å². The SMILES string of the molecule is Cc1cc(NC(=O)C2CCCN2C(=O)c2cccs2)no1. The lowest BCUT2D eigenvalue weighted by molar-refractivity contribution is -0.119. The second-order valence-corrected chi connectivity index (χ2v) is 5.89. The first-order chi connectivity index (χ1) is 10.1. The third kappa shape index (κ3) is 2.82. The van der Waals surface area contributed by atoms with Crippen LogP contribution in [0.4, 0.5) is 5.82 Å². The lowest BCUT2D eigenvalue weighted by Crippen LogP contribution is -2.43. The van der Waals surface area contributed by atoms with Gasteiger partial charge < -0.3 is 14.7 Å². The molecule has 2 amide bonds. The number of thiophene rings is 1. The molecule has 21 heavy (non-hydrogen) atoms. The van der Waals surface area contributed by atoms with Crippen LogP contribution in [0.1, 0.15) is 28.3 Å². The number of amides is 2. The van der Waals surface area contributed by atoms with Crippen LogP contribution >= 0.6 is 11.3 Å². The fraction of sp³-hybridized carbons (Fsp3) is 0.357. The smallest absolute Gasteiger partial charge is 0.264 e. The van der Waals surface area contributed by atoms with Gasteiger partial charge in [-0.1, -0.05) is 11.2 Å². The highest BCUT2D eigenvalue weighted by molar-refractivity contribution is 7.12. The van der Waals surface area contributed by atoms with Gasteiger partial charge in [0.15, 0.2) is 5.82 Å². The molecule has 0 radical (unpaired) electrons. The number of hydrogen-bond donors (Lipinski definition) is 1. The van der Waals surface area contributed by atoms with Crippen LogP contribution in [0.25, 0.3) is 0 Å². The Bertz CT molecular complexity index is 650. The zero-order valence-electron chi connectivity index (χ0n) is 11.5. The van der Waals surface area contributed by atoms with Crippen molar-refractivity contribution < 1.29 is 14.1 Å². The van der Waals surface area contributed by atoms with Crippen molar-refractivity contribution in [3.8, 4) is 0 Å². The summed E-state index contributed by atoms with van der Waals surface area (Å²) in [5, 5.41) is 8.30. The molecule has 3 rings (SSSR count). The number of aryl methyl sites for hydroxylation is 1. The predicted octanol–water partition coefficient (Wildman–Crippen LogP) is 2.29. The number of nitrogens with one attached hydrogen (secondary N) is 1. The highest BCUT2D eigenvalue weighted by Crippen LogP contribution is 2.23. The molecule has 7 heteroatoms. The van der Waals surface area contributed by atoms with E-state index in [0.29, 0.717) is 29.4 Å². The van der Waals surface area contributed by atoms with E-state index in [1.165, 1.54) is 11.3 Å². The fourth-order valence-electron chi connectivity index (χ4n) is 2.46. The van der Waals surface area contributed by atoms with Crippen LogP contribution in [0, 0.1) is 6.92 Å². The van der Waals surface area contributed by atoms with Gasteiger partial charge in [-0.3, -0.25) is 9.59 Å². The van der Waals surface area contributed by atoms with E-state index < -0.39 is 6.04 Å². The predicted molar refractivity (Wildman–Crippen MR) is 78.2 cm³/mol. The first-order valence-electron chi connectivity index (χ1n) is 6.74. The van der Waals surface area contributed by atoms with Crippen molar-refractivity contribution in [2.45, 2.75) is 25.8 Å². The van der Waals surface area contributed by atoms with Gasteiger partial charge in [0.1, 0.15) is 11.8 Å². The largest absolute Gasteiger partial charge is 0.360 e. The summed E-state index contributed by atoms with van der Waals surface area (Å²) in [5.41, 5.74) is 0. The van der Waals surface area contributed by atoms with E-state index in [9.17, 15) is 9.59 Å². The standard InChI is InChI=1S/C14H15N3O3S/c1-9-8-12(16-20-9)15-13(18)10-4-2-6-17(10)14(19)11-5-3-7-21-11/h3,5,7-8,10H,2,4,6H2,1H3,(H,15,16,18). The number of carbonyl (C=O) groups is 2. The van der Waals surface area contributed by atoms with Crippen LogP contribution in [-0.4, -0.2) is 34.5 Å². The average molecular weight is 305 g/mol. The van der Waals surface area contributed by atoms with Crippen molar-refractivity contribution in [1.29, 1.82) is 0 Å². The molecule has 6 nitrogen and oxygen atoms in total. The van der Waals surface area contributed by atoms with Crippen molar-refractivity contribution in [3.05, 3.63) is 34.2 Å². The molecule has 0 saturated carbocycles. The molecule has 0 aliphatic carbocycles. The summed E-state index contributed by atoms with van der Waals surface area (Å²) in [6, 6.07) is 4.82. The summed E-state index contributed by atoms with van der Waals surface area (Å²) in [6.45, 7) is 2.36. The van der Waals surface area contributed by atoms with Gasteiger partial charge in [-0.2, -0.15) is 0 Å². The molecule has 1 unspecified atom stereocenters. The van der Waals surface area contributed by atoms with Gasteiger partial charge in [0.25, 0.3) is 5.91 Å². The summed E-state index contributed by atoms with van der Waals surface area (Å²) < 4.78 is 4.92. The number of likely N-dealkylation sites (tertiary alicyclic amines) is 1. The number of carbonyl (C=O) groups excluding carboxylic acids is 2. The molecule has 1 fully saturated rings. The Morgan fingerprint density at radius 2 is 2.38 bits per heavy atom. The van der Waals surface area contributed by atoms with Crippen molar-refractivity contribution in [2.24, 2.45) is 0 Å². The molecule has 0 aromatic carbocycles. The molecule has 2 aromatic heterocycles. The molecule has 0 spiro atoms. The number of rotatable bonds is 3. The summed E-state index contributed by atoms with van der Waals surface area (Å²) in [7, 11) is 0. The van der Waals surface area contributed by atoms with Crippen LogP contribution in [0.2, 0.25) is 0 Å². The first kappa shape index (κ1) is 13.8. The van der Waals surface area contributed by atoms with Gasteiger partial charge in [0.05, 0.1) is 4.88 Å². The third-order valence-electron chi connectivity index (χ3n) is 3.43. The summed E-state index contributed by atoms with van der Waals surface area (Å²) in [5.74, 6) is 0.709. The van der Waals surface area contributed by atoms with Crippen molar-refractivity contribution in [1.82, 2.24) is 10.1 Å². The minimum absolute atomic E-state index is 0.0843. The van der Waals surface area contributed by atoms with Gasteiger partial charge in [-0.05, 0) is 31.2 Å². The van der Waals surface area contributed by atoms with Crippen molar-refractivity contribution in [2.75, 3.05) is 11.9 Å². The maximum absolute atomic E-state index is 12.4. The van der Waals surface area contributed by atoms with Crippen LogP contribution < -0.4 is 5.32 Å². The third-order valence-corrected chi connectivity index (χ3v) is 4.29. The van der Waals surface area contributed by atoms with E-state index in [1.54, 1.807) is 24.0 Å². The first-order valence-corrected chi connectivity index (χ1v) is 7.62. The maximum atomic E-state index is 12.4. The Morgan fingerprint density at radius 3 is 3.05 bits per heavy atom. The Hall–Kier alpha value is -2.15. The number of nitrogens with zero attached hydrogens (tertiary/aromatic N) is 2. The molecule has 1 atom stereocenters. The van der Waals surface area contributed by atoms with E-state index in [4.69, 9.17) is 4.52 Å². The number of aromatic nitrogens is 1. The monoisotopic (exact) mass is 305 g/mol. The number of anilines is 1. The van der Waals surface area contributed by atoms with Gasteiger partial charge in [0, 0.05) is 12.6 Å². The van der Waals surface area contributed by atoms with Gasteiger partial charge in [0.2, 0.25) is 5.91 Å². The maximum Gasteiger partial charge on any atom is 0.264 e. The van der Waals surface area contributed by atoms with Crippen LogP contribution in [-0.2, 0) is 4.79 Å². The van der Waals surface area contributed by atoms with E-state index in [2.05, 4.69) is 10.5 Å². The molecular weight excluding hydrogens is 290 g/mol. The molecule has 3 heterocycles. The lowest BCUT2D eigenvalue weighted by atomic mass is 10.2. The second-order valence-electron chi connectivity index (χ2n) is 4.95. The number of hydrogen-bond acceptors (Lipinski definition) is 5. The van der Waals surface area contributed by atoms with Crippen LogP contribution in [0.15, 0.2) is 28.1 Å². The highest BCUT2D eigenvalue weighted by Gasteiger charge is 2.35. The Morgan fingerprint density at radius 1 is 1.52 bits per heavy atom. The van der Waals surface area contributed by atoms with Crippen molar-refractivity contribution >= 4 is 29.0 Å². The molecular formula is C14H15N3O3S. The molecule has 1 aliphatic heterocycles. The summed E-state index contributed by atoms with van der Waals surface area (Å²) >= 11 is 1.39. The van der Waals surface area contributed by atoms with Crippen molar-refractivity contribution in [3.63, 3.8) is 0 Å². The molecule has 110 valence electrons. The normalized spacial score (nSPS) is 18.0. The Kier molecular flexibility index (Phi) is 3.74. The lowest BCUT2D eigenvalue weighted by Gasteiger charge is -2.22. The quantitative estimate of drug-likeness (QED) is 0.944. The summed E-state index contributed by atoms with van der Waals surface area (Å²) in [4.78, 5) is 27.0. The minimum Gasteiger partial charge on any atom is -0.360 e. The molecule has 0 bridgehead atoms. The average Bonchev–Trinajstić information content (AvgIpc) is 3.19. The molecule has 2 aromatic rings. The summed E-state index contributed by atoms with van der Waals surface area (Å²) in [6.07, 6.45) is 1.49. The van der Waals surface area contributed by atoms with E-state index in [1.807, 2.05) is 11.4 Å². The highest BCUT2D eigenvalue weighted by atomic mass is 32.1. The molecule has 1 N–H and O–H groups in total. The van der Waals surface area contributed by atoms with Gasteiger partial charge >= 0.3 is 0 Å².